The maximum Gasteiger partial charge on any atom is 0.187 e. The third-order valence-corrected chi connectivity index (χ3v) is 8.59. The molecule has 224 valence electrons. The Morgan fingerprint density at radius 2 is 0.792 bits per heavy atom. The van der Waals surface area contributed by atoms with Gasteiger partial charge in [-0.05, 0) is 44.2 Å². The Hall–Kier alpha value is -6.70. The molecule has 0 N–H and O–H groups in total. The van der Waals surface area contributed by atoms with Crippen LogP contribution in [0.5, 0.6) is 0 Å². The molecule has 48 heavy (non-hydrogen) atoms. The number of hydrogen-bond acceptors (Lipinski definition) is 3. The van der Waals surface area contributed by atoms with Crippen LogP contribution in [0.1, 0.15) is 0 Å². The van der Waals surface area contributed by atoms with Crippen molar-refractivity contribution >= 4 is 16.5 Å². The van der Waals surface area contributed by atoms with E-state index in [2.05, 4.69) is 89.8 Å². The lowest BCUT2D eigenvalue weighted by molar-refractivity contribution is 1.07. The maximum absolute atomic E-state index is 7.24. The van der Waals surface area contributed by atoms with Crippen molar-refractivity contribution in [2.45, 2.75) is 0 Å². The Bertz CT molecular complexity index is 2350. The molecule has 0 spiro atoms. The average molecular weight is 613 g/mol. The fraction of sp³-hybridized carbons (Fsp3) is 0. The van der Waals surface area contributed by atoms with Crippen molar-refractivity contribution in [3.63, 3.8) is 0 Å². The van der Waals surface area contributed by atoms with Gasteiger partial charge in [-0.2, -0.15) is 0 Å². The predicted molar refractivity (Wildman–Crippen MR) is 196 cm³/mol. The molecule has 0 fully saturated rings. The molecular formula is C44H28N4. The summed E-state index contributed by atoms with van der Waals surface area (Å²) >= 11 is 0. The third kappa shape index (κ3) is 5.62. The van der Waals surface area contributed by atoms with Gasteiger partial charge in [-0.1, -0.05) is 170 Å². The number of aromatic nitrogens is 3. The highest BCUT2D eigenvalue weighted by molar-refractivity contribution is 6.04. The van der Waals surface area contributed by atoms with Gasteiger partial charge in [-0.15, -0.1) is 0 Å². The van der Waals surface area contributed by atoms with Crippen molar-refractivity contribution in [2.24, 2.45) is 0 Å². The second kappa shape index (κ2) is 12.6. The van der Waals surface area contributed by atoms with Crippen molar-refractivity contribution in [1.82, 2.24) is 15.0 Å². The van der Waals surface area contributed by atoms with E-state index in [9.17, 15) is 0 Å². The molecule has 0 bridgehead atoms. The molecule has 0 saturated heterocycles. The molecule has 0 aliphatic carbocycles. The van der Waals surface area contributed by atoms with Gasteiger partial charge in [0.05, 0.1) is 6.57 Å². The second-order valence-corrected chi connectivity index (χ2v) is 11.6. The molecule has 0 amide bonds. The number of benzene rings is 7. The van der Waals surface area contributed by atoms with Crippen LogP contribution in [0.3, 0.4) is 0 Å². The van der Waals surface area contributed by atoms with Gasteiger partial charge in [0.1, 0.15) is 0 Å². The lowest BCUT2D eigenvalue weighted by Crippen LogP contribution is -2.00. The normalized spacial score (nSPS) is 10.9. The molecule has 0 aliphatic heterocycles. The molecular weight excluding hydrogens is 585 g/mol. The Balaban J connectivity index is 1.21. The number of hydrogen-bond donors (Lipinski definition) is 0. The second-order valence-electron chi connectivity index (χ2n) is 11.6. The van der Waals surface area contributed by atoms with E-state index < -0.39 is 0 Å². The zero-order valence-electron chi connectivity index (χ0n) is 26.0. The molecule has 4 nitrogen and oxygen atoms in total. The molecule has 1 heterocycles. The molecule has 7 aromatic carbocycles. The van der Waals surface area contributed by atoms with Crippen LogP contribution in [0.25, 0.3) is 83.2 Å². The van der Waals surface area contributed by atoms with Crippen molar-refractivity contribution in [3.05, 3.63) is 181 Å². The van der Waals surface area contributed by atoms with Crippen LogP contribution in [0.15, 0.2) is 170 Å². The summed E-state index contributed by atoms with van der Waals surface area (Å²) in [6.45, 7) is 7.24. The van der Waals surface area contributed by atoms with Crippen LogP contribution in [-0.4, -0.2) is 15.0 Å². The van der Waals surface area contributed by atoms with Gasteiger partial charge >= 0.3 is 0 Å². The van der Waals surface area contributed by atoms with Gasteiger partial charge in [0, 0.05) is 16.7 Å². The predicted octanol–water partition coefficient (Wildman–Crippen LogP) is 11.6. The van der Waals surface area contributed by atoms with Crippen molar-refractivity contribution in [2.75, 3.05) is 0 Å². The summed E-state index contributed by atoms with van der Waals surface area (Å²) in [5, 5.41) is 2.38. The monoisotopic (exact) mass is 612 g/mol. The Kier molecular flexibility index (Phi) is 7.54. The van der Waals surface area contributed by atoms with Gasteiger partial charge in [0.25, 0.3) is 0 Å². The topological polar surface area (TPSA) is 43.0 Å². The maximum atomic E-state index is 7.24. The summed E-state index contributed by atoms with van der Waals surface area (Å²) in [6, 6.07) is 58.0. The zero-order valence-corrected chi connectivity index (χ0v) is 26.0. The summed E-state index contributed by atoms with van der Waals surface area (Å²) < 4.78 is 0. The minimum atomic E-state index is 0.632. The molecule has 8 rings (SSSR count). The van der Waals surface area contributed by atoms with Crippen LogP contribution in [0, 0.1) is 6.57 Å². The number of nitrogens with zero attached hydrogens (tertiary/aromatic N) is 4. The van der Waals surface area contributed by atoms with Crippen LogP contribution >= 0.6 is 0 Å². The van der Waals surface area contributed by atoms with E-state index >= 15 is 0 Å². The van der Waals surface area contributed by atoms with Crippen LogP contribution in [0.4, 0.5) is 5.69 Å². The van der Waals surface area contributed by atoms with Crippen LogP contribution in [0.2, 0.25) is 0 Å². The Morgan fingerprint density at radius 3 is 1.35 bits per heavy atom. The summed E-state index contributed by atoms with van der Waals surface area (Å²) in [6.07, 6.45) is 0. The summed E-state index contributed by atoms with van der Waals surface area (Å²) in [7, 11) is 0. The SMILES string of the molecule is [C-]#[N+]c1ccc(-c2ccc(-c3ccc4ccccc4c3-c3ccc(-c4nc(-c5ccccc5)nc(-c5ccccc5)n4)cc3)cc2)cc1. The van der Waals surface area contributed by atoms with Crippen molar-refractivity contribution in [1.29, 1.82) is 0 Å². The van der Waals surface area contributed by atoms with Gasteiger partial charge in [-0.25, -0.2) is 19.8 Å². The molecule has 0 atom stereocenters. The van der Waals surface area contributed by atoms with Gasteiger partial charge < -0.3 is 0 Å². The number of fused-ring (bicyclic) bond motifs is 1. The highest BCUT2D eigenvalue weighted by atomic mass is 15.0. The average Bonchev–Trinajstić information content (AvgIpc) is 3.18. The molecule has 0 aliphatic rings. The lowest BCUT2D eigenvalue weighted by Gasteiger charge is -2.15. The first-order chi connectivity index (χ1) is 23.7. The summed E-state index contributed by atoms with van der Waals surface area (Å²) in [5.41, 5.74) is 10.3. The largest absolute Gasteiger partial charge is 0.238 e. The minimum absolute atomic E-state index is 0.632. The smallest absolute Gasteiger partial charge is 0.187 e. The highest BCUT2D eigenvalue weighted by Gasteiger charge is 2.15. The zero-order chi connectivity index (χ0) is 32.3. The highest BCUT2D eigenvalue weighted by Crippen LogP contribution is 2.39. The summed E-state index contributed by atoms with van der Waals surface area (Å²) in [4.78, 5) is 18.2. The van der Waals surface area contributed by atoms with Gasteiger partial charge in [0.15, 0.2) is 23.2 Å². The number of rotatable bonds is 6. The van der Waals surface area contributed by atoms with E-state index in [1.807, 2.05) is 84.9 Å². The van der Waals surface area contributed by atoms with Crippen LogP contribution in [-0.2, 0) is 0 Å². The fourth-order valence-corrected chi connectivity index (χ4v) is 6.12. The van der Waals surface area contributed by atoms with E-state index in [1.54, 1.807) is 0 Å². The van der Waals surface area contributed by atoms with E-state index in [1.165, 1.54) is 16.3 Å². The van der Waals surface area contributed by atoms with Gasteiger partial charge in [0.2, 0.25) is 0 Å². The molecule has 1 aromatic heterocycles. The van der Waals surface area contributed by atoms with Crippen molar-refractivity contribution in [3.8, 4) is 67.5 Å². The first kappa shape index (κ1) is 28.8. The van der Waals surface area contributed by atoms with E-state index in [4.69, 9.17) is 21.5 Å². The molecule has 0 radical (unpaired) electrons. The lowest BCUT2D eigenvalue weighted by atomic mass is 9.89. The van der Waals surface area contributed by atoms with Gasteiger partial charge in [-0.3, -0.25) is 0 Å². The molecule has 4 heteroatoms. The minimum Gasteiger partial charge on any atom is -0.238 e. The molecule has 0 saturated carbocycles. The van der Waals surface area contributed by atoms with E-state index in [-0.39, 0.29) is 0 Å². The van der Waals surface area contributed by atoms with E-state index in [0.29, 0.717) is 23.2 Å². The molecule has 8 aromatic rings. The van der Waals surface area contributed by atoms with Crippen LogP contribution < -0.4 is 0 Å². The van der Waals surface area contributed by atoms with E-state index in [0.717, 1.165) is 44.5 Å². The fourth-order valence-electron chi connectivity index (χ4n) is 6.12. The van der Waals surface area contributed by atoms with Crippen molar-refractivity contribution < 1.29 is 0 Å². The Morgan fingerprint density at radius 1 is 0.354 bits per heavy atom. The molecule has 0 unspecified atom stereocenters. The quantitative estimate of drug-likeness (QED) is 0.175. The first-order valence-electron chi connectivity index (χ1n) is 15.8. The summed E-state index contributed by atoms with van der Waals surface area (Å²) in [5.74, 6) is 1.92. The standard InChI is InChI=1S/C44H28N4/c1-45-38-27-24-31(25-28-38)30-16-18-33(19-17-30)40-29-26-32-10-8-9-15-39(32)41(40)34-20-22-37(23-21-34)44-47-42(35-11-4-2-5-12-35)46-43(48-44)36-13-6-3-7-14-36/h2-29H. The first-order valence-corrected chi connectivity index (χ1v) is 15.8. The Labute approximate surface area is 279 Å². The third-order valence-electron chi connectivity index (χ3n) is 8.59.